The second kappa shape index (κ2) is 7.82. The third-order valence-corrected chi connectivity index (χ3v) is 6.75. The van der Waals surface area contributed by atoms with Crippen molar-refractivity contribution in [2.24, 2.45) is 7.05 Å². The molecule has 8 nitrogen and oxygen atoms in total. The summed E-state index contributed by atoms with van der Waals surface area (Å²) in [6, 6.07) is 8.52. The van der Waals surface area contributed by atoms with Crippen molar-refractivity contribution in [3.63, 3.8) is 0 Å². The van der Waals surface area contributed by atoms with E-state index in [9.17, 15) is 8.42 Å². The summed E-state index contributed by atoms with van der Waals surface area (Å²) >= 11 is 0. The maximum Gasteiger partial charge on any atom is 0.259 e. The number of likely N-dealkylation sites (tertiary alicyclic amines) is 1. The molecule has 3 heterocycles. The van der Waals surface area contributed by atoms with Gasteiger partial charge in [-0.25, -0.2) is 18.1 Å². The van der Waals surface area contributed by atoms with Gasteiger partial charge in [-0.1, -0.05) is 12.1 Å². The number of nitrogens with one attached hydrogen (secondary N) is 1. The van der Waals surface area contributed by atoms with Crippen molar-refractivity contribution in [3.05, 3.63) is 42.4 Å². The van der Waals surface area contributed by atoms with Crippen molar-refractivity contribution >= 4 is 10.0 Å². The van der Waals surface area contributed by atoms with Crippen LogP contribution in [0.1, 0.15) is 18.4 Å². The molecule has 0 spiro atoms. The Morgan fingerprint density at radius 3 is 2.93 bits per heavy atom. The number of aryl methyl sites for hydroxylation is 1. The molecule has 0 saturated carbocycles. The van der Waals surface area contributed by atoms with Crippen molar-refractivity contribution in [1.82, 2.24) is 19.2 Å². The number of methoxy groups -OCH3 is 1. The van der Waals surface area contributed by atoms with Gasteiger partial charge in [-0.05, 0) is 30.5 Å². The highest BCUT2D eigenvalue weighted by molar-refractivity contribution is 7.89. The quantitative estimate of drug-likeness (QED) is 0.742. The molecular formula is C19H26N4O4S. The monoisotopic (exact) mass is 406 g/mol. The summed E-state index contributed by atoms with van der Waals surface area (Å²) in [5, 5.41) is 0.0387. The lowest BCUT2D eigenvalue weighted by Gasteiger charge is -2.52. The molecule has 4 rings (SSSR count). The molecule has 3 atom stereocenters. The van der Waals surface area contributed by atoms with Crippen LogP contribution in [0.2, 0.25) is 0 Å². The average Bonchev–Trinajstić information content (AvgIpc) is 3.12. The van der Waals surface area contributed by atoms with Gasteiger partial charge in [0.1, 0.15) is 5.75 Å². The van der Waals surface area contributed by atoms with Crippen molar-refractivity contribution in [1.29, 1.82) is 0 Å². The van der Waals surface area contributed by atoms with Crippen LogP contribution < -0.4 is 9.46 Å². The lowest BCUT2D eigenvalue weighted by atomic mass is 9.89. The maximum atomic E-state index is 12.3. The van der Waals surface area contributed by atoms with Crippen LogP contribution in [0.5, 0.6) is 5.75 Å². The van der Waals surface area contributed by atoms with Gasteiger partial charge >= 0.3 is 0 Å². The van der Waals surface area contributed by atoms with Gasteiger partial charge in [-0.15, -0.1) is 0 Å². The highest BCUT2D eigenvalue weighted by Crippen LogP contribution is 2.33. The Bertz CT molecular complexity index is 930. The zero-order valence-electron chi connectivity index (χ0n) is 16.1. The minimum absolute atomic E-state index is 0.0387. The smallest absolute Gasteiger partial charge is 0.259 e. The first kappa shape index (κ1) is 19.4. The lowest BCUT2D eigenvalue weighted by molar-refractivity contribution is -0.168. The third kappa shape index (κ3) is 4.07. The molecule has 0 aliphatic carbocycles. The number of rotatable bonds is 7. The second-order valence-electron chi connectivity index (χ2n) is 7.45. The average molecular weight is 407 g/mol. The SMILES string of the molecule is COc1cccc(CN2C[C@H]3O[C@H](CNS(=O)(=O)c4cn(C)cn4)CC[C@H]32)c1. The number of ether oxygens (including phenoxy) is 2. The van der Waals surface area contributed by atoms with E-state index < -0.39 is 10.0 Å². The van der Waals surface area contributed by atoms with E-state index in [1.807, 2.05) is 12.1 Å². The summed E-state index contributed by atoms with van der Waals surface area (Å²) in [7, 11) is -0.177. The van der Waals surface area contributed by atoms with Gasteiger partial charge in [0.15, 0.2) is 5.03 Å². The molecular weight excluding hydrogens is 380 g/mol. The molecule has 0 amide bonds. The zero-order chi connectivity index (χ0) is 19.7. The van der Waals surface area contributed by atoms with Gasteiger partial charge in [0.05, 0.1) is 25.6 Å². The summed E-state index contributed by atoms with van der Waals surface area (Å²) in [6.07, 6.45) is 4.87. The first-order valence-corrected chi connectivity index (χ1v) is 10.9. The van der Waals surface area contributed by atoms with Crippen LogP contribution in [-0.4, -0.2) is 61.3 Å². The summed E-state index contributed by atoms with van der Waals surface area (Å²) in [5.41, 5.74) is 1.23. The molecule has 0 bridgehead atoms. The molecule has 9 heteroatoms. The molecule has 1 aromatic carbocycles. The molecule has 28 heavy (non-hydrogen) atoms. The van der Waals surface area contributed by atoms with Crippen LogP contribution in [0, 0.1) is 0 Å². The predicted octanol–water partition coefficient (Wildman–Crippen LogP) is 1.14. The minimum atomic E-state index is -3.59. The fourth-order valence-electron chi connectivity index (χ4n) is 3.90. The van der Waals surface area contributed by atoms with Gasteiger partial charge in [0, 0.05) is 38.9 Å². The molecule has 1 aromatic heterocycles. The topological polar surface area (TPSA) is 85.7 Å². The van der Waals surface area contributed by atoms with Crippen molar-refractivity contribution in [2.75, 3.05) is 20.2 Å². The van der Waals surface area contributed by atoms with Gasteiger partial charge in [-0.3, -0.25) is 4.90 Å². The second-order valence-corrected chi connectivity index (χ2v) is 9.17. The first-order valence-electron chi connectivity index (χ1n) is 9.44. The molecule has 1 N–H and O–H groups in total. The molecule has 2 aliphatic heterocycles. The largest absolute Gasteiger partial charge is 0.497 e. The zero-order valence-corrected chi connectivity index (χ0v) is 16.9. The van der Waals surface area contributed by atoms with Crippen LogP contribution in [0.25, 0.3) is 0 Å². The van der Waals surface area contributed by atoms with Gasteiger partial charge in [-0.2, -0.15) is 0 Å². The van der Waals surface area contributed by atoms with Crippen molar-refractivity contribution in [3.8, 4) is 5.75 Å². The predicted molar refractivity (Wildman–Crippen MR) is 103 cm³/mol. The number of hydrogen-bond donors (Lipinski definition) is 1. The Morgan fingerprint density at radius 2 is 2.21 bits per heavy atom. The number of nitrogens with zero attached hydrogens (tertiary/aromatic N) is 3. The Labute approximate surface area is 165 Å². The minimum Gasteiger partial charge on any atom is -0.497 e. The Balaban J connectivity index is 1.27. The molecule has 2 aliphatic rings. The van der Waals surface area contributed by atoms with E-state index in [0.29, 0.717) is 6.04 Å². The molecule has 2 aromatic rings. The Kier molecular flexibility index (Phi) is 5.42. The fraction of sp³-hybridized carbons (Fsp3) is 0.526. The van der Waals surface area contributed by atoms with Gasteiger partial charge < -0.3 is 14.0 Å². The van der Waals surface area contributed by atoms with Crippen LogP contribution in [0.4, 0.5) is 0 Å². The van der Waals surface area contributed by atoms with Crippen LogP contribution >= 0.6 is 0 Å². The van der Waals surface area contributed by atoms with E-state index in [-0.39, 0.29) is 23.8 Å². The Morgan fingerprint density at radius 1 is 1.36 bits per heavy atom. The third-order valence-electron chi connectivity index (χ3n) is 5.44. The van der Waals surface area contributed by atoms with E-state index in [1.165, 1.54) is 18.1 Å². The Hall–Kier alpha value is -1.94. The number of aromatic nitrogens is 2. The van der Waals surface area contributed by atoms with Crippen LogP contribution in [0.3, 0.4) is 0 Å². The summed E-state index contributed by atoms with van der Waals surface area (Å²) in [6.45, 7) is 2.02. The summed E-state index contributed by atoms with van der Waals surface area (Å²) < 4.78 is 40.2. The summed E-state index contributed by atoms with van der Waals surface area (Å²) in [5.74, 6) is 0.870. The van der Waals surface area contributed by atoms with E-state index in [1.54, 1.807) is 18.7 Å². The molecule has 2 fully saturated rings. The van der Waals surface area contributed by atoms with E-state index in [4.69, 9.17) is 9.47 Å². The molecule has 2 saturated heterocycles. The van der Waals surface area contributed by atoms with Crippen molar-refractivity contribution in [2.45, 2.75) is 42.7 Å². The van der Waals surface area contributed by atoms with Crippen LogP contribution in [0.15, 0.2) is 41.8 Å². The highest BCUT2D eigenvalue weighted by Gasteiger charge is 2.43. The lowest BCUT2D eigenvalue weighted by Crippen LogP contribution is -2.64. The number of sulfonamides is 1. The molecule has 0 unspecified atom stereocenters. The first-order chi connectivity index (χ1) is 13.4. The standard InChI is InChI=1S/C19H26N4O4S/c1-22-12-19(20-13-22)28(24,25)21-9-16-6-7-17-18(27-16)11-23(17)10-14-4-3-5-15(8-14)26-2/h3-5,8,12-13,16-18,21H,6-7,9-11H2,1-2H3/t16-,17+,18+/m0/s1. The van der Waals surface area contributed by atoms with Gasteiger partial charge in [0.2, 0.25) is 0 Å². The molecule has 0 radical (unpaired) electrons. The summed E-state index contributed by atoms with van der Waals surface area (Å²) in [4.78, 5) is 6.32. The highest BCUT2D eigenvalue weighted by atomic mass is 32.2. The number of benzene rings is 1. The van der Waals surface area contributed by atoms with Crippen LogP contribution in [-0.2, 0) is 28.4 Å². The van der Waals surface area contributed by atoms with E-state index in [2.05, 4.69) is 26.7 Å². The van der Waals surface area contributed by atoms with Crippen molar-refractivity contribution < 1.29 is 17.9 Å². The van der Waals surface area contributed by atoms with E-state index >= 15 is 0 Å². The number of hydrogen-bond acceptors (Lipinski definition) is 6. The van der Waals surface area contributed by atoms with Gasteiger partial charge in [0.25, 0.3) is 10.0 Å². The normalized spacial score (nSPS) is 25.1. The maximum absolute atomic E-state index is 12.3. The molecule has 152 valence electrons. The van der Waals surface area contributed by atoms with E-state index in [0.717, 1.165) is 31.7 Å². The number of imidazole rings is 1. The number of fused-ring (bicyclic) bond motifs is 1. The fourth-order valence-corrected chi connectivity index (χ4v) is 4.95.